The van der Waals surface area contributed by atoms with Gasteiger partial charge in [0.05, 0.1) is 7.11 Å². The van der Waals surface area contributed by atoms with Crippen molar-refractivity contribution in [2.75, 3.05) is 7.11 Å². The molecule has 1 saturated carbocycles. The van der Waals surface area contributed by atoms with E-state index in [1.165, 1.54) is 7.11 Å². The van der Waals surface area contributed by atoms with E-state index in [2.05, 4.69) is 10.1 Å². The summed E-state index contributed by atoms with van der Waals surface area (Å²) in [6, 6.07) is 0.291. The molecule has 0 unspecified atom stereocenters. The number of rotatable bonds is 4. The number of carbonyl (C=O) groups is 2. The van der Waals surface area contributed by atoms with Crippen LogP contribution < -0.4 is 5.32 Å². The van der Waals surface area contributed by atoms with Crippen molar-refractivity contribution in [3.63, 3.8) is 0 Å². The zero-order valence-electron chi connectivity index (χ0n) is 11.0. The van der Waals surface area contributed by atoms with E-state index in [9.17, 15) is 9.59 Å². The SMILES string of the molecule is COC(=O)CC1CCC(NC(=O)C(C)C)CC1. The van der Waals surface area contributed by atoms with E-state index in [1.807, 2.05) is 13.8 Å². The van der Waals surface area contributed by atoms with Gasteiger partial charge in [-0.15, -0.1) is 0 Å². The van der Waals surface area contributed by atoms with Crippen LogP contribution in [0.1, 0.15) is 46.0 Å². The van der Waals surface area contributed by atoms with Gasteiger partial charge in [0, 0.05) is 18.4 Å². The van der Waals surface area contributed by atoms with Crippen molar-refractivity contribution in [2.45, 2.75) is 52.0 Å². The molecule has 0 aromatic heterocycles. The maximum absolute atomic E-state index is 11.5. The molecule has 0 aromatic rings. The van der Waals surface area contributed by atoms with E-state index >= 15 is 0 Å². The third-order valence-electron chi connectivity index (χ3n) is 3.40. The second-order valence-electron chi connectivity index (χ2n) is 5.16. The van der Waals surface area contributed by atoms with Crippen LogP contribution in [-0.4, -0.2) is 25.0 Å². The van der Waals surface area contributed by atoms with Crippen LogP contribution >= 0.6 is 0 Å². The number of hydrogen-bond donors (Lipinski definition) is 1. The van der Waals surface area contributed by atoms with Gasteiger partial charge < -0.3 is 10.1 Å². The first-order chi connectivity index (χ1) is 8.02. The quantitative estimate of drug-likeness (QED) is 0.765. The average molecular weight is 241 g/mol. The first-order valence-electron chi connectivity index (χ1n) is 6.40. The van der Waals surface area contributed by atoms with Crippen LogP contribution in [0.5, 0.6) is 0 Å². The van der Waals surface area contributed by atoms with Gasteiger partial charge in [0.15, 0.2) is 0 Å². The smallest absolute Gasteiger partial charge is 0.305 e. The molecule has 0 bridgehead atoms. The van der Waals surface area contributed by atoms with Crippen molar-refractivity contribution in [3.8, 4) is 0 Å². The minimum atomic E-state index is -0.125. The predicted molar refractivity (Wildman–Crippen MR) is 65.4 cm³/mol. The highest BCUT2D eigenvalue weighted by Gasteiger charge is 2.24. The van der Waals surface area contributed by atoms with Crippen LogP contribution in [-0.2, 0) is 14.3 Å². The summed E-state index contributed by atoms with van der Waals surface area (Å²) in [6.07, 6.45) is 4.46. The van der Waals surface area contributed by atoms with E-state index < -0.39 is 0 Å². The highest BCUT2D eigenvalue weighted by Crippen LogP contribution is 2.27. The molecule has 1 fully saturated rings. The third-order valence-corrected chi connectivity index (χ3v) is 3.40. The van der Waals surface area contributed by atoms with Crippen molar-refractivity contribution >= 4 is 11.9 Å². The van der Waals surface area contributed by atoms with Gasteiger partial charge >= 0.3 is 5.97 Å². The van der Waals surface area contributed by atoms with Crippen molar-refractivity contribution in [2.24, 2.45) is 11.8 Å². The fourth-order valence-corrected chi connectivity index (χ4v) is 2.20. The van der Waals surface area contributed by atoms with Gasteiger partial charge in [0.25, 0.3) is 0 Å². The Morgan fingerprint density at radius 3 is 2.29 bits per heavy atom. The molecular formula is C13H23NO3. The monoisotopic (exact) mass is 241 g/mol. The Labute approximate surface area is 103 Å². The molecule has 17 heavy (non-hydrogen) atoms. The van der Waals surface area contributed by atoms with Crippen LogP contribution in [0.15, 0.2) is 0 Å². The molecule has 0 spiro atoms. The normalized spacial score (nSPS) is 24.5. The van der Waals surface area contributed by atoms with Gasteiger partial charge in [-0.3, -0.25) is 9.59 Å². The summed E-state index contributed by atoms with van der Waals surface area (Å²) in [6.45, 7) is 3.80. The Balaban J connectivity index is 2.26. The average Bonchev–Trinajstić information content (AvgIpc) is 2.31. The van der Waals surface area contributed by atoms with Gasteiger partial charge in [-0.1, -0.05) is 13.8 Å². The topological polar surface area (TPSA) is 55.4 Å². The van der Waals surface area contributed by atoms with E-state index in [4.69, 9.17) is 0 Å². The highest BCUT2D eigenvalue weighted by molar-refractivity contribution is 5.78. The van der Waals surface area contributed by atoms with E-state index in [0.717, 1.165) is 25.7 Å². The summed E-state index contributed by atoms with van der Waals surface area (Å²) >= 11 is 0. The molecule has 4 nitrogen and oxygen atoms in total. The van der Waals surface area contributed by atoms with Gasteiger partial charge in [0.2, 0.25) is 5.91 Å². The fourth-order valence-electron chi connectivity index (χ4n) is 2.20. The second kappa shape index (κ2) is 6.62. The van der Waals surface area contributed by atoms with Crippen molar-refractivity contribution in [3.05, 3.63) is 0 Å². The molecule has 98 valence electrons. The maximum Gasteiger partial charge on any atom is 0.305 e. The van der Waals surface area contributed by atoms with Crippen LogP contribution in [0.25, 0.3) is 0 Å². The minimum absolute atomic E-state index is 0.0443. The molecule has 0 saturated heterocycles. The Kier molecular flexibility index (Phi) is 5.45. The van der Waals surface area contributed by atoms with Gasteiger partial charge in [-0.25, -0.2) is 0 Å². The predicted octanol–water partition coefficient (Wildman–Crippen LogP) is 1.88. The number of amides is 1. The summed E-state index contributed by atoms with van der Waals surface area (Å²) in [5, 5.41) is 3.05. The lowest BCUT2D eigenvalue weighted by molar-refractivity contribution is -0.142. The second-order valence-corrected chi connectivity index (χ2v) is 5.16. The number of esters is 1. The molecule has 1 aliphatic carbocycles. The number of ether oxygens (including phenoxy) is 1. The van der Waals surface area contributed by atoms with Gasteiger partial charge in [-0.2, -0.15) is 0 Å². The zero-order valence-corrected chi connectivity index (χ0v) is 11.0. The van der Waals surface area contributed by atoms with Crippen LogP contribution in [0.2, 0.25) is 0 Å². The molecule has 0 radical (unpaired) electrons. The van der Waals surface area contributed by atoms with Gasteiger partial charge in [0.1, 0.15) is 0 Å². The highest BCUT2D eigenvalue weighted by atomic mass is 16.5. The zero-order chi connectivity index (χ0) is 12.8. The number of hydrogen-bond acceptors (Lipinski definition) is 3. The number of nitrogens with one attached hydrogen (secondary N) is 1. The Hall–Kier alpha value is -1.06. The van der Waals surface area contributed by atoms with Gasteiger partial charge in [-0.05, 0) is 31.6 Å². The van der Waals surface area contributed by atoms with Crippen LogP contribution in [0, 0.1) is 11.8 Å². The summed E-state index contributed by atoms with van der Waals surface area (Å²) < 4.78 is 4.67. The third kappa shape index (κ3) is 4.75. The first-order valence-corrected chi connectivity index (χ1v) is 6.40. The van der Waals surface area contributed by atoms with Crippen molar-refractivity contribution in [1.82, 2.24) is 5.32 Å². The summed E-state index contributed by atoms with van der Waals surface area (Å²) in [7, 11) is 1.43. The number of carbonyl (C=O) groups excluding carboxylic acids is 2. The summed E-state index contributed by atoms with van der Waals surface area (Å²) in [5.41, 5.74) is 0. The summed E-state index contributed by atoms with van der Waals surface area (Å²) in [4.78, 5) is 22.7. The van der Waals surface area contributed by atoms with E-state index in [0.29, 0.717) is 18.4 Å². The minimum Gasteiger partial charge on any atom is -0.469 e. The van der Waals surface area contributed by atoms with Crippen molar-refractivity contribution < 1.29 is 14.3 Å². The molecule has 1 aliphatic rings. The lowest BCUT2D eigenvalue weighted by Crippen LogP contribution is -2.39. The molecule has 1 rings (SSSR count). The molecular weight excluding hydrogens is 218 g/mol. The molecule has 1 N–H and O–H groups in total. The van der Waals surface area contributed by atoms with Crippen molar-refractivity contribution in [1.29, 1.82) is 0 Å². The molecule has 4 heteroatoms. The molecule has 0 heterocycles. The molecule has 0 atom stereocenters. The Morgan fingerprint density at radius 2 is 1.82 bits per heavy atom. The molecule has 1 amide bonds. The van der Waals surface area contributed by atoms with E-state index in [-0.39, 0.29) is 17.8 Å². The lowest BCUT2D eigenvalue weighted by atomic mass is 9.84. The Morgan fingerprint density at radius 1 is 1.24 bits per heavy atom. The van der Waals surface area contributed by atoms with E-state index in [1.54, 1.807) is 0 Å². The number of methoxy groups -OCH3 is 1. The fraction of sp³-hybridized carbons (Fsp3) is 0.846. The summed E-state index contributed by atoms with van der Waals surface area (Å²) in [5.74, 6) is 0.471. The largest absolute Gasteiger partial charge is 0.469 e. The first kappa shape index (κ1) is 14.0. The molecule has 0 aromatic carbocycles. The lowest BCUT2D eigenvalue weighted by Gasteiger charge is -2.29. The standard InChI is InChI=1S/C13H23NO3/c1-9(2)13(16)14-11-6-4-10(5-7-11)8-12(15)17-3/h9-11H,4-8H2,1-3H3,(H,14,16). The maximum atomic E-state index is 11.5. The van der Waals surface area contributed by atoms with Crippen LogP contribution in [0.3, 0.4) is 0 Å². The molecule has 0 aliphatic heterocycles. The van der Waals surface area contributed by atoms with Crippen LogP contribution in [0.4, 0.5) is 0 Å². The Bertz CT molecular complexity index is 268.